The van der Waals surface area contributed by atoms with E-state index in [2.05, 4.69) is 10.3 Å². The van der Waals surface area contributed by atoms with E-state index in [0.717, 1.165) is 22.8 Å². The second-order valence-electron chi connectivity index (χ2n) is 4.59. The van der Waals surface area contributed by atoms with E-state index in [1.165, 1.54) is 0 Å². The standard InChI is InChI=1S/C15H15N3O/c1-3-18-13-5-4-8-16-14(13)17-12-7-6-10(2)9-11(12)15(18)19/h4-9H,3H2,1-2H3,(H,16,17). The molecule has 0 saturated carbocycles. The molecule has 0 unspecified atom stereocenters. The highest BCUT2D eigenvalue weighted by molar-refractivity contribution is 6.13. The molecule has 19 heavy (non-hydrogen) atoms. The van der Waals surface area contributed by atoms with E-state index in [9.17, 15) is 4.79 Å². The van der Waals surface area contributed by atoms with Crippen molar-refractivity contribution in [3.05, 3.63) is 47.7 Å². The molecule has 3 rings (SSSR count). The van der Waals surface area contributed by atoms with Gasteiger partial charge in [-0.3, -0.25) is 4.79 Å². The molecule has 0 bridgehead atoms. The van der Waals surface area contributed by atoms with E-state index in [1.54, 1.807) is 11.1 Å². The number of carbonyl (C=O) groups is 1. The molecule has 0 fully saturated rings. The van der Waals surface area contributed by atoms with Crippen molar-refractivity contribution in [1.82, 2.24) is 4.98 Å². The number of aromatic nitrogens is 1. The molecule has 0 atom stereocenters. The van der Waals surface area contributed by atoms with Gasteiger partial charge in [0.1, 0.15) is 0 Å². The fraction of sp³-hybridized carbons (Fsp3) is 0.200. The highest BCUT2D eigenvalue weighted by Crippen LogP contribution is 2.33. The van der Waals surface area contributed by atoms with Gasteiger partial charge in [-0.15, -0.1) is 0 Å². The van der Waals surface area contributed by atoms with Crippen molar-refractivity contribution in [1.29, 1.82) is 0 Å². The second kappa shape index (κ2) is 4.39. The van der Waals surface area contributed by atoms with Gasteiger partial charge in [-0.05, 0) is 38.1 Å². The predicted octanol–water partition coefficient (Wildman–Crippen LogP) is 3.11. The summed E-state index contributed by atoms with van der Waals surface area (Å²) in [4.78, 5) is 18.7. The number of amides is 1. The summed E-state index contributed by atoms with van der Waals surface area (Å²) in [6, 6.07) is 9.59. The number of anilines is 3. The minimum Gasteiger partial charge on any atom is -0.338 e. The summed E-state index contributed by atoms with van der Waals surface area (Å²) >= 11 is 0. The Morgan fingerprint density at radius 2 is 2.16 bits per heavy atom. The number of nitrogens with zero attached hydrogens (tertiary/aromatic N) is 2. The molecule has 4 heteroatoms. The molecule has 1 amide bonds. The molecular formula is C15H15N3O. The van der Waals surface area contributed by atoms with Gasteiger partial charge in [0.05, 0.1) is 16.9 Å². The van der Waals surface area contributed by atoms with Crippen molar-refractivity contribution in [2.24, 2.45) is 0 Å². The van der Waals surface area contributed by atoms with Gasteiger partial charge in [0.2, 0.25) is 0 Å². The first kappa shape index (κ1) is 11.7. The predicted molar refractivity (Wildman–Crippen MR) is 76.0 cm³/mol. The van der Waals surface area contributed by atoms with E-state index in [4.69, 9.17) is 0 Å². The van der Waals surface area contributed by atoms with Gasteiger partial charge in [-0.25, -0.2) is 4.98 Å². The number of carbonyl (C=O) groups excluding carboxylic acids is 1. The fourth-order valence-corrected chi connectivity index (χ4v) is 2.35. The van der Waals surface area contributed by atoms with Crippen molar-refractivity contribution in [2.45, 2.75) is 13.8 Å². The first-order valence-corrected chi connectivity index (χ1v) is 6.35. The van der Waals surface area contributed by atoms with Crippen LogP contribution in [0, 0.1) is 6.92 Å². The van der Waals surface area contributed by atoms with Crippen LogP contribution in [0.5, 0.6) is 0 Å². The van der Waals surface area contributed by atoms with Gasteiger partial charge >= 0.3 is 0 Å². The molecular weight excluding hydrogens is 238 g/mol. The number of hydrogen-bond donors (Lipinski definition) is 1. The zero-order valence-electron chi connectivity index (χ0n) is 11.0. The van der Waals surface area contributed by atoms with Crippen molar-refractivity contribution in [3.63, 3.8) is 0 Å². The van der Waals surface area contributed by atoms with Crippen LogP contribution in [-0.4, -0.2) is 17.4 Å². The zero-order chi connectivity index (χ0) is 13.4. The molecule has 0 spiro atoms. The first-order valence-electron chi connectivity index (χ1n) is 6.35. The van der Waals surface area contributed by atoms with Crippen molar-refractivity contribution >= 4 is 23.1 Å². The number of nitrogens with one attached hydrogen (secondary N) is 1. The van der Waals surface area contributed by atoms with E-state index in [1.807, 2.05) is 44.2 Å². The maximum absolute atomic E-state index is 12.6. The van der Waals surface area contributed by atoms with E-state index >= 15 is 0 Å². The molecule has 1 aromatic heterocycles. The molecule has 4 nitrogen and oxygen atoms in total. The Balaban J connectivity index is 2.23. The monoisotopic (exact) mass is 253 g/mol. The van der Waals surface area contributed by atoms with Gasteiger partial charge in [0.25, 0.3) is 5.91 Å². The number of fused-ring (bicyclic) bond motifs is 2. The van der Waals surface area contributed by atoms with Crippen molar-refractivity contribution in [3.8, 4) is 0 Å². The van der Waals surface area contributed by atoms with Crippen molar-refractivity contribution < 1.29 is 4.79 Å². The highest BCUT2D eigenvalue weighted by Gasteiger charge is 2.25. The van der Waals surface area contributed by atoms with E-state index in [0.29, 0.717) is 12.1 Å². The molecule has 96 valence electrons. The first-order chi connectivity index (χ1) is 9.20. The largest absolute Gasteiger partial charge is 0.338 e. The molecule has 0 aliphatic carbocycles. The molecule has 1 aromatic carbocycles. The van der Waals surface area contributed by atoms with Crippen molar-refractivity contribution in [2.75, 3.05) is 16.8 Å². The van der Waals surface area contributed by atoms with Crippen LogP contribution in [0.15, 0.2) is 36.5 Å². The summed E-state index contributed by atoms with van der Waals surface area (Å²) in [6.45, 7) is 4.57. The molecule has 1 aliphatic rings. The lowest BCUT2D eigenvalue weighted by Crippen LogP contribution is -2.30. The van der Waals surface area contributed by atoms with Crippen LogP contribution in [0.3, 0.4) is 0 Å². The average Bonchev–Trinajstić information content (AvgIpc) is 2.53. The minimum atomic E-state index is 0.0143. The fourth-order valence-electron chi connectivity index (χ4n) is 2.35. The van der Waals surface area contributed by atoms with Crippen LogP contribution in [0.25, 0.3) is 0 Å². The third kappa shape index (κ3) is 1.85. The lowest BCUT2D eigenvalue weighted by Gasteiger charge is -2.20. The topological polar surface area (TPSA) is 45.2 Å². The Morgan fingerprint density at radius 3 is 2.95 bits per heavy atom. The second-order valence-corrected chi connectivity index (χ2v) is 4.59. The highest BCUT2D eigenvalue weighted by atomic mass is 16.2. The van der Waals surface area contributed by atoms with Gasteiger partial charge < -0.3 is 10.2 Å². The SMILES string of the molecule is CCN1C(=O)c2cc(C)ccc2Nc2ncccc21. The van der Waals surface area contributed by atoms with Gasteiger partial charge in [0, 0.05) is 12.7 Å². The minimum absolute atomic E-state index is 0.0143. The Labute approximate surface area is 112 Å². The molecule has 0 saturated heterocycles. The third-order valence-corrected chi connectivity index (χ3v) is 3.30. The van der Waals surface area contributed by atoms with Crippen LogP contribution in [-0.2, 0) is 0 Å². The Kier molecular flexibility index (Phi) is 2.71. The molecule has 1 N–H and O–H groups in total. The smallest absolute Gasteiger partial charge is 0.260 e. The normalized spacial score (nSPS) is 13.4. The molecule has 1 aliphatic heterocycles. The van der Waals surface area contributed by atoms with Crippen LogP contribution in [0.2, 0.25) is 0 Å². The van der Waals surface area contributed by atoms with Crippen LogP contribution >= 0.6 is 0 Å². The summed E-state index contributed by atoms with van der Waals surface area (Å²) in [5, 5.41) is 3.25. The zero-order valence-corrected chi connectivity index (χ0v) is 11.0. The summed E-state index contributed by atoms with van der Waals surface area (Å²) in [5.74, 6) is 0.737. The van der Waals surface area contributed by atoms with Crippen LogP contribution in [0.4, 0.5) is 17.2 Å². The molecule has 2 aromatic rings. The number of pyridine rings is 1. The number of rotatable bonds is 1. The number of aryl methyl sites for hydroxylation is 1. The molecule has 2 heterocycles. The lowest BCUT2D eigenvalue weighted by atomic mass is 10.1. The Hall–Kier alpha value is -2.36. The average molecular weight is 253 g/mol. The summed E-state index contributed by atoms with van der Waals surface area (Å²) in [7, 11) is 0. The van der Waals surface area contributed by atoms with E-state index in [-0.39, 0.29) is 5.91 Å². The number of benzene rings is 1. The molecule has 0 radical (unpaired) electrons. The van der Waals surface area contributed by atoms with Gasteiger partial charge in [-0.2, -0.15) is 0 Å². The third-order valence-electron chi connectivity index (χ3n) is 3.30. The summed E-state index contributed by atoms with van der Waals surface area (Å²) < 4.78 is 0. The van der Waals surface area contributed by atoms with Crippen LogP contribution in [0.1, 0.15) is 22.8 Å². The lowest BCUT2D eigenvalue weighted by molar-refractivity contribution is 0.0989. The Morgan fingerprint density at radius 1 is 1.32 bits per heavy atom. The maximum Gasteiger partial charge on any atom is 0.260 e. The quantitative estimate of drug-likeness (QED) is 0.849. The van der Waals surface area contributed by atoms with Gasteiger partial charge in [0.15, 0.2) is 5.82 Å². The summed E-state index contributed by atoms with van der Waals surface area (Å²) in [6.07, 6.45) is 1.73. The van der Waals surface area contributed by atoms with Crippen LogP contribution < -0.4 is 10.2 Å². The Bertz CT molecular complexity index is 652. The van der Waals surface area contributed by atoms with Gasteiger partial charge in [-0.1, -0.05) is 11.6 Å². The summed E-state index contributed by atoms with van der Waals surface area (Å²) in [5.41, 5.74) is 3.40. The maximum atomic E-state index is 12.6. The number of hydrogen-bond acceptors (Lipinski definition) is 3. The van der Waals surface area contributed by atoms with E-state index < -0.39 is 0 Å².